The van der Waals surface area contributed by atoms with Crippen molar-refractivity contribution < 1.29 is 19.1 Å². The van der Waals surface area contributed by atoms with Gasteiger partial charge in [0.1, 0.15) is 5.75 Å². The van der Waals surface area contributed by atoms with E-state index in [0.29, 0.717) is 22.6 Å². The van der Waals surface area contributed by atoms with Crippen LogP contribution in [0, 0.1) is 0 Å². The first-order valence-electron chi connectivity index (χ1n) is 6.89. The molecule has 6 heteroatoms. The molecule has 0 saturated heterocycles. The lowest BCUT2D eigenvalue weighted by atomic mass is 10.1. The van der Waals surface area contributed by atoms with Gasteiger partial charge in [0.05, 0.1) is 0 Å². The number of hydrogen-bond acceptors (Lipinski definition) is 4. The molecule has 0 aliphatic carbocycles. The zero-order chi connectivity index (χ0) is 16.8. The van der Waals surface area contributed by atoms with Gasteiger partial charge in [-0.2, -0.15) is 0 Å². The van der Waals surface area contributed by atoms with E-state index in [-0.39, 0.29) is 18.2 Å². The Balaban J connectivity index is 1.93. The number of Topliss-reactive ketones (excluding diaryl/α,β-unsaturated/α-hetero) is 2. The third kappa shape index (κ3) is 4.67. The van der Waals surface area contributed by atoms with E-state index < -0.39 is 6.03 Å². The van der Waals surface area contributed by atoms with Gasteiger partial charge in [-0.15, -0.1) is 0 Å². The predicted octanol–water partition coefficient (Wildman–Crippen LogP) is 2.64. The smallest absolute Gasteiger partial charge is 0.316 e. The van der Waals surface area contributed by atoms with Crippen LogP contribution in [0.25, 0.3) is 0 Å². The number of nitrogens with two attached hydrogens (primary N) is 1. The van der Waals surface area contributed by atoms with Crippen molar-refractivity contribution in [3.05, 3.63) is 59.7 Å². The van der Waals surface area contributed by atoms with Crippen molar-refractivity contribution in [1.82, 2.24) is 0 Å². The minimum absolute atomic E-state index is 0.0303. The zero-order valence-electron chi connectivity index (χ0n) is 12.5. The first kappa shape index (κ1) is 16.2. The Morgan fingerprint density at radius 2 is 1.52 bits per heavy atom. The fourth-order valence-electron chi connectivity index (χ4n) is 1.90. The zero-order valence-corrected chi connectivity index (χ0v) is 12.5. The van der Waals surface area contributed by atoms with E-state index in [1.54, 1.807) is 48.5 Å². The third-order valence-corrected chi connectivity index (χ3v) is 3.11. The Kier molecular flexibility index (Phi) is 5.09. The van der Waals surface area contributed by atoms with Crippen LogP contribution in [0.3, 0.4) is 0 Å². The highest BCUT2D eigenvalue weighted by Crippen LogP contribution is 2.14. The quantitative estimate of drug-likeness (QED) is 0.801. The summed E-state index contributed by atoms with van der Waals surface area (Å²) >= 11 is 0. The Morgan fingerprint density at radius 3 is 2.04 bits per heavy atom. The molecule has 2 aromatic rings. The second-order valence-corrected chi connectivity index (χ2v) is 4.86. The first-order chi connectivity index (χ1) is 11.0. The van der Waals surface area contributed by atoms with Gasteiger partial charge in [0.15, 0.2) is 18.2 Å². The molecule has 0 aliphatic rings. The number of benzene rings is 2. The first-order valence-corrected chi connectivity index (χ1v) is 6.89. The van der Waals surface area contributed by atoms with Crippen molar-refractivity contribution in [3.8, 4) is 5.75 Å². The summed E-state index contributed by atoms with van der Waals surface area (Å²) < 4.78 is 5.40. The highest BCUT2D eigenvalue weighted by Gasteiger charge is 2.08. The van der Waals surface area contributed by atoms with Crippen LogP contribution in [0.1, 0.15) is 27.6 Å². The minimum atomic E-state index is -0.665. The number of ketones is 2. The summed E-state index contributed by atoms with van der Waals surface area (Å²) in [5, 5.41) is 2.41. The molecule has 0 radical (unpaired) electrons. The number of hydrogen-bond donors (Lipinski definition) is 2. The van der Waals surface area contributed by atoms with Crippen LogP contribution < -0.4 is 15.8 Å². The summed E-state index contributed by atoms with van der Waals surface area (Å²) in [7, 11) is 0. The summed E-state index contributed by atoms with van der Waals surface area (Å²) in [5.74, 6) is 0.277. The number of ether oxygens (including phenoxy) is 1. The van der Waals surface area contributed by atoms with Gasteiger partial charge in [-0.25, -0.2) is 4.79 Å². The number of nitrogens with one attached hydrogen (secondary N) is 1. The largest absolute Gasteiger partial charge is 0.485 e. The molecular formula is C17H16N2O4. The maximum absolute atomic E-state index is 12.0. The summed E-state index contributed by atoms with van der Waals surface area (Å²) in [6.07, 6.45) is 0. The van der Waals surface area contributed by atoms with E-state index >= 15 is 0 Å². The van der Waals surface area contributed by atoms with Crippen molar-refractivity contribution in [2.45, 2.75) is 6.92 Å². The van der Waals surface area contributed by atoms with E-state index in [1.165, 1.54) is 6.92 Å². The molecule has 0 spiro atoms. The number of urea groups is 1. The molecule has 3 N–H and O–H groups in total. The normalized spacial score (nSPS) is 9.96. The molecule has 0 bridgehead atoms. The molecule has 0 aliphatic heterocycles. The molecule has 23 heavy (non-hydrogen) atoms. The monoisotopic (exact) mass is 312 g/mol. The van der Waals surface area contributed by atoms with Gasteiger partial charge in [0, 0.05) is 16.8 Å². The van der Waals surface area contributed by atoms with E-state index in [2.05, 4.69) is 5.32 Å². The lowest BCUT2D eigenvalue weighted by Crippen LogP contribution is -2.19. The molecule has 0 saturated carbocycles. The Bertz CT molecular complexity index is 721. The Hall–Kier alpha value is -3.15. The second kappa shape index (κ2) is 7.22. The molecule has 0 atom stereocenters. The van der Waals surface area contributed by atoms with Gasteiger partial charge in [-0.1, -0.05) is 0 Å². The maximum Gasteiger partial charge on any atom is 0.316 e. The molecular weight excluding hydrogens is 296 g/mol. The summed E-state index contributed by atoms with van der Waals surface area (Å²) in [6, 6.07) is 12.2. The highest BCUT2D eigenvalue weighted by atomic mass is 16.5. The van der Waals surface area contributed by atoms with E-state index in [1.807, 2.05) is 0 Å². The molecule has 2 rings (SSSR count). The van der Waals surface area contributed by atoms with Crippen molar-refractivity contribution in [2.24, 2.45) is 5.73 Å². The molecule has 0 unspecified atom stereocenters. The van der Waals surface area contributed by atoms with Crippen LogP contribution in [0.5, 0.6) is 5.75 Å². The number of rotatable bonds is 6. The molecule has 118 valence electrons. The number of anilines is 1. The maximum atomic E-state index is 12.0. The van der Waals surface area contributed by atoms with E-state index in [0.717, 1.165) is 0 Å². The Labute approximate surface area is 133 Å². The van der Waals surface area contributed by atoms with Gasteiger partial charge < -0.3 is 15.8 Å². The fraction of sp³-hybridized carbons (Fsp3) is 0.118. The summed E-state index contributed by atoms with van der Waals surface area (Å²) in [6.45, 7) is 1.36. The van der Waals surface area contributed by atoms with Crippen molar-refractivity contribution in [3.63, 3.8) is 0 Å². The lowest BCUT2D eigenvalue weighted by molar-refractivity contribution is 0.0920. The Morgan fingerprint density at radius 1 is 0.957 bits per heavy atom. The number of amides is 2. The van der Waals surface area contributed by atoms with Crippen LogP contribution >= 0.6 is 0 Å². The number of carbonyl (C=O) groups excluding carboxylic acids is 3. The minimum Gasteiger partial charge on any atom is -0.485 e. The van der Waals surface area contributed by atoms with E-state index in [9.17, 15) is 14.4 Å². The standard InChI is InChI=1S/C17H16N2O4/c1-11(20)12-4-8-15(9-5-12)23-10-16(21)13-2-6-14(7-3-13)19-17(18)22/h2-9H,10H2,1H3,(H3,18,19,22). The SMILES string of the molecule is CC(=O)c1ccc(OCC(=O)c2ccc(NC(N)=O)cc2)cc1. The predicted molar refractivity (Wildman–Crippen MR) is 85.9 cm³/mol. The summed E-state index contributed by atoms with van der Waals surface area (Å²) in [5.41, 5.74) is 6.56. The molecule has 0 heterocycles. The molecule has 6 nitrogen and oxygen atoms in total. The molecule has 0 aromatic heterocycles. The number of primary amides is 1. The van der Waals surface area contributed by atoms with Crippen LogP contribution in [0.4, 0.5) is 10.5 Å². The average Bonchev–Trinajstić information content (AvgIpc) is 2.53. The van der Waals surface area contributed by atoms with Crippen molar-refractivity contribution in [1.29, 1.82) is 0 Å². The topological polar surface area (TPSA) is 98.5 Å². The average molecular weight is 312 g/mol. The molecule has 2 aromatic carbocycles. The molecule has 2 amide bonds. The second-order valence-electron chi connectivity index (χ2n) is 4.86. The van der Waals surface area contributed by atoms with Crippen LogP contribution in [-0.4, -0.2) is 24.2 Å². The summed E-state index contributed by atoms with van der Waals surface area (Å²) in [4.78, 5) is 33.9. The molecule has 0 fully saturated rings. The van der Waals surface area contributed by atoms with Gasteiger partial charge in [-0.05, 0) is 55.5 Å². The highest BCUT2D eigenvalue weighted by molar-refractivity contribution is 5.98. The van der Waals surface area contributed by atoms with Gasteiger partial charge >= 0.3 is 6.03 Å². The fourth-order valence-corrected chi connectivity index (χ4v) is 1.90. The number of carbonyl (C=O) groups is 3. The van der Waals surface area contributed by atoms with Crippen LogP contribution in [0.2, 0.25) is 0 Å². The van der Waals surface area contributed by atoms with Crippen LogP contribution in [-0.2, 0) is 0 Å². The van der Waals surface area contributed by atoms with Gasteiger partial charge in [0.25, 0.3) is 0 Å². The van der Waals surface area contributed by atoms with Gasteiger partial charge in [0.2, 0.25) is 0 Å². The van der Waals surface area contributed by atoms with Gasteiger partial charge in [-0.3, -0.25) is 9.59 Å². The van der Waals surface area contributed by atoms with Crippen molar-refractivity contribution >= 4 is 23.3 Å². The van der Waals surface area contributed by atoms with Crippen molar-refractivity contribution in [2.75, 3.05) is 11.9 Å². The van der Waals surface area contributed by atoms with Crippen LogP contribution in [0.15, 0.2) is 48.5 Å². The van der Waals surface area contributed by atoms with E-state index in [4.69, 9.17) is 10.5 Å². The lowest BCUT2D eigenvalue weighted by Gasteiger charge is -2.07. The third-order valence-electron chi connectivity index (χ3n) is 3.11.